The lowest BCUT2D eigenvalue weighted by Crippen LogP contribution is -2.42. The van der Waals surface area contributed by atoms with Gasteiger partial charge in [0.2, 0.25) is 0 Å². The second-order valence-electron chi connectivity index (χ2n) is 4.17. The highest BCUT2D eigenvalue weighted by molar-refractivity contribution is 5.84. The number of likely N-dealkylation sites (N-methyl/N-ethyl adjacent to an activating group) is 1. The van der Waals surface area contributed by atoms with Gasteiger partial charge in [0.25, 0.3) is 5.91 Å². The Morgan fingerprint density at radius 1 is 1.50 bits per heavy atom. The van der Waals surface area contributed by atoms with Crippen LogP contribution < -0.4 is 0 Å². The van der Waals surface area contributed by atoms with E-state index >= 15 is 0 Å². The van der Waals surface area contributed by atoms with Crippen molar-refractivity contribution in [2.24, 2.45) is 5.92 Å². The summed E-state index contributed by atoms with van der Waals surface area (Å²) in [5.74, 6) is -0.639. The number of ether oxygens (including phenoxy) is 1. The summed E-state index contributed by atoms with van der Waals surface area (Å²) in [4.78, 5) is 23.6. The lowest BCUT2D eigenvalue weighted by atomic mass is 10.3. The van der Waals surface area contributed by atoms with Crippen molar-refractivity contribution in [2.45, 2.75) is 32.8 Å². The first-order valence-corrected chi connectivity index (χ1v) is 5.66. The fourth-order valence-corrected chi connectivity index (χ4v) is 1.40. The fraction of sp³-hybridized carbons (Fsp3) is 0.818. The highest BCUT2D eigenvalue weighted by atomic mass is 16.5. The highest BCUT2D eigenvalue weighted by Gasteiger charge is 2.26. The van der Waals surface area contributed by atoms with Gasteiger partial charge < -0.3 is 14.7 Å². The van der Waals surface area contributed by atoms with Crippen LogP contribution in [-0.4, -0.2) is 47.7 Å². The minimum absolute atomic E-state index is 0.245. The van der Waals surface area contributed by atoms with Crippen molar-refractivity contribution in [3.05, 3.63) is 0 Å². The molecule has 1 aliphatic rings. The standard InChI is InChI=1S/C11H19NO4/c1-3-12(6-10(13)14)11(15)8(2)16-7-9-4-5-9/h8-9H,3-7H2,1-2H3,(H,13,14). The lowest BCUT2D eigenvalue weighted by Gasteiger charge is -2.22. The molecule has 92 valence electrons. The Morgan fingerprint density at radius 2 is 2.12 bits per heavy atom. The third-order valence-corrected chi connectivity index (χ3v) is 2.65. The maximum absolute atomic E-state index is 11.8. The smallest absolute Gasteiger partial charge is 0.323 e. The third kappa shape index (κ3) is 4.18. The molecule has 0 aromatic heterocycles. The van der Waals surface area contributed by atoms with Crippen molar-refractivity contribution in [3.63, 3.8) is 0 Å². The quantitative estimate of drug-likeness (QED) is 0.699. The molecule has 1 amide bonds. The van der Waals surface area contributed by atoms with Gasteiger partial charge in [-0.25, -0.2) is 0 Å². The topological polar surface area (TPSA) is 66.8 Å². The van der Waals surface area contributed by atoms with E-state index in [0.29, 0.717) is 19.1 Å². The van der Waals surface area contributed by atoms with Crippen LogP contribution >= 0.6 is 0 Å². The van der Waals surface area contributed by atoms with Gasteiger partial charge in [0.05, 0.1) is 6.61 Å². The molecule has 0 spiro atoms. The molecule has 0 bridgehead atoms. The Bertz CT molecular complexity index is 263. The van der Waals surface area contributed by atoms with Crippen molar-refractivity contribution in [1.82, 2.24) is 4.90 Å². The van der Waals surface area contributed by atoms with Crippen LogP contribution in [0.2, 0.25) is 0 Å². The summed E-state index contributed by atoms with van der Waals surface area (Å²) in [6, 6.07) is 0. The molecule has 1 saturated carbocycles. The number of hydrogen-bond donors (Lipinski definition) is 1. The lowest BCUT2D eigenvalue weighted by molar-refractivity contribution is -0.150. The first-order chi connectivity index (χ1) is 7.54. The van der Waals surface area contributed by atoms with E-state index in [1.165, 1.54) is 17.7 Å². The molecule has 0 radical (unpaired) electrons. The first kappa shape index (κ1) is 13.0. The maximum Gasteiger partial charge on any atom is 0.323 e. The van der Waals surface area contributed by atoms with E-state index in [0.717, 1.165) is 0 Å². The molecule has 1 atom stereocenters. The highest BCUT2D eigenvalue weighted by Crippen LogP contribution is 2.29. The SMILES string of the molecule is CCN(CC(=O)O)C(=O)C(C)OCC1CC1. The van der Waals surface area contributed by atoms with Crippen LogP contribution in [0.4, 0.5) is 0 Å². The second kappa shape index (κ2) is 5.84. The van der Waals surface area contributed by atoms with E-state index in [4.69, 9.17) is 9.84 Å². The fourth-order valence-electron chi connectivity index (χ4n) is 1.40. The average Bonchev–Trinajstić information content (AvgIpc) is 3.05. The number of carboxylic acids is 1. The second-order valence-corrected chi connectivity index (χ2v) is 4.17. The van der Waals surface area contributed by atoms with E-state index in [-0.39, 0.29) is 12.5 Å². The Morgan fingerprint density at radius 3 is 2.56 bits per heavy atom. The molecule has 0 saturated heterocycles. The molecule has 1 unspecified atom stereocenters. The number of amides is 1. The van der Waals surface area contributed by atoms with Crippen LogP contribution in [-0.2, 0) is 14.3 Å². The Hall–Kier alpha value is -1.10. The third-order valence-electron chi connectivity index (χ3n) is 2.65. The van der Waals surface area contributed by atoms with Gasteiger partial charge in [0.15, 0.2) is 0 Å². The maximum atomic E-state index is 11.8. The Kier molecular flexibility index (Phi) is 4.73. The summed E-state index contributed by atoms with van der Waals surface area (Å²) in [6.07, 6.45) is 1.81. The summed E-state index contributed by atoms with van der Waals surface area (Å²) >= 11 is 0. The van der Waals surface area contributed by atoms with Gasteiger partial charge in [-0.2, -0.15) is 0 Å². The molecule has 0 heterocycles. The van der Waals surface area contributed by atoms with Crippen LogP contribution in [0, 0.1) is 5.92 Å². The summed E-state index contributed by atoms with van der Waals surface area (Å²) in [7, 11) is 0. The predicted octanol–water partition coefficient (Wildman–Crippen LogP) is 0.735. The van der Waals surface area contributed by atoms with Crippen molar-refractivity contribution in [3.8, 4) is 0 Å². The van der Waals surface area contributed by atoms with E-state index in [9.17, 15) is 9.59 Å². The summed E-state index contributed by atoms with van der Waals surface area (Å²) < 4.78 is 5.41. The van der Waals surface area contributed by atoms with Crippen LogP contribution in [0.25, 0.3) is 0 Å². The molecule has 5 heteroatoms. The summed E-state index contributed by atoms with van der Waals surface area (Å²) in [5, 5.41) is 8.64. The molecule has 1 aliphatic carbocycles. The van der Waals surface area contributed by atoms with Gasteiger partial charge in [0.1, 0.15) is 12.6 Å². The monoisotopic (exact) mass is 229 g/mol. The van der Waals surface area contributed by atoms with Crippen molar-refractivity contribution < 1.29 is 19.4 Å². The van der Waals surface area contributed by atoms with Gasteiger partial charge in [-0.15, -0.1) is 0 Å². The zero-order valence-electron chi connectivity index (χ0n) is 9.81. The van der Waals surface area contributed by atoms with E-state index < -0.39 is 12.1 Å². The van der Waals surface area contributed by atoms with Crippen molar-refractivity contribution in [2.75, 3.05) is 19.7 Å². The van der Waals surface area contributed by atoms with Crippen molar-refractivity contribution in [1.29, 1.82) is 0 Å². The van der Waals surface area contributed by atoms with E-state index in [2.05, 4.69) is 0 Å². The zero-order valence-corrected chi connectivity index (χ0v) is 9.81. The number of carbonyl (C=O) groups is 2. The number of aliphatic carboxylic acids is 1. The molecule has 0 aromatic rings. The van der Waals surface area contributed by atoms with E-state index in [1.807, 2.05) is 0 Å². The molecular formula is C11H19NO4. The first-order valence-electron chi connectivity index (χ1n) is 5.66. The van der Waals surface area contributed by atoms with Crippen LogP contribution in [0.5, 0.6) is 0 Å². The number of hydrogen-bond acceptors (Lipinski definition) is 3. The summed E-state index contributed by atoms with van der Waals surface area (Å²) in [5.41, 5.74) is 0. The zero-order chi connectivity index (χ0) is 12.1. The van der Waals surface area contributed by atoms with Gasteiger partial charge in [-0.3, -0.25) is 9.59 Å². The molecular weight excluding hydrogens is 210 g/mol. The van der Waals surface area contributed by atoms with Gasteiger partial charge >= 0.3 is 5.97 Å². The summed E-state index contributed by atoms with van der Waals surface area (Å²) in [6.45, 7) is 4.18. The largest absolute Gasteiger partial charge is 0.480 e. The average molecular weight is 229 g/mol. The molecule has 0 aliphatic heterocycles. The van der Waals surface area contributed by atoms with Gasteiger partial charge in [-0.1, -0.05) is 0 Å². The number of nitrogens with zero attached hydrogens (tertiary/aromatic N) is 1. The predicted molar refractivity (Wildman–Crippen MR) is 58.0 cm³/mol. The normalized spacial score (nSPS) is 16.9. The Balaban J connectivity index is 2.35. The number of rotatable bonds is 7. The number of carboxylic acid groups (broad SMARTS) is 1. The molecule has 5 nitrogen and oxygen atoms in total. The van der Waals surface area contributed by atoms with Crippen molar-refractivity contribution >= 4 is 11.9 Å². The molecule has 16 heavy (non-hydrogen) atoms. The Labute approximate surface area is 95.4 Å². The minimum Gasteiger partial charge on any atom is -0.480 e. The number of carbonyl (C=O) groups excluding carboxylic acids is 1. The molecule has 1 rings (SSSR count). The van der Waals surface area contributed by atoms with Crippen LogP contribution in [0.1, 0.15) is 26.7 Å². The van der Waals surface area contributed by atoms with Gasteiger partial charge in [0, 0.05) is 6.54 Å². The molecule has 1 fully saturated rings. The minimum atomic E-state index is -0.996. The molecule has 1 N–H and O–H groups in total. The molecule has 0 aromatic carbocycles. The van der Waals surface area contributed by atoms with Crippen LogP contribution in [0.3, 0.4) is 0 Å². The van der Waals surface area contributed by atoms with Crippen LogP contribution in [0.15, 0.2) is 0 Å². The van der Waals surface area contributed by atoms with E-state index in [1.54, 1.807) is 13.8 Å². The van der Waals surface area contributed by atoms with Gasteiger partial charge in [-0.05, 0) is 32.6 Å².